The first-order valence-electron chi connectivity index (χ1n) is 4.82. The molecule has 0 radical (unpaired) electrons. The molecular weight excluding hydrogens is 160 g/mol. The van der Waals surface area contributed by atoms with E-state index in [0.717, 1.165) is 12.1 Å². The van der Waals surface area contributed by atoms with E-state index in [-0.39, 0.29) is 0 Å². The number of hydrogen-bond acceptors (Lipinski definition) is 1. The predicted octanol–water partition coefficient (Wildman–Crippen LogP) is 0.346. The van der Waals surface area contributed by atoms with Gasteiger partial charge < -0.3 is 10.6 Å². The third kappa shape index (κ3) is 3.95. The molecule has 0 unspecified atom stereocenters. The second kappa shape index (κ2) is 4.87. The molecule has 2 heteroatoms. The molecule has 72 valence electrons. The fraction of sp³-hybridized carbons (Fsp3) is 0.455. The summed E-state index contributed by atoms with van der Waals surface area (Å²) in [4.78, 5) is 1.51. The highest BCUT2D eigenvalue weighted by Gasteiger charge is 1.95. The fourth-order valence-corrected chi connectivity index (χ4v) is 1.33. The molecule has 0 aliphatic heterocycles. The standard InChI is InChI=1S/C11H18N2/c1-13(2)9-3-4-10-5-7-11(12)8-6-10/h5-8H,3-4,9,12H2,1-2H3/p+1. The van der Waals surface area contributed by atoms with Crippen molar-refractivity contribution in [2.45, 2.75) is 12.8 Å². The molecule has 0 atom stereocenters. The van der Waals surface area contributed by atoms with Crippen LogP contribution in [0.2, 0.25) is 0 Å². The van der Waals surface area contributed by atoms with Gasteiger partial charge in [-0.3, -0.25) is 0 Å². The maximum atomic E-state index is 5.60. The molecule has 0 amide bonds. The van der Waals surface area contributed by atoms with Gasteiger partial charge in [-0.1, -0.05) is 12.1 Å². The van der Waals surface area contributed by atoms with Crippen LogP contribution in [0.1, 0.15) is 12.0 Å². The molecule has 0 fully saturated rings. The summed E-state index contributed by atoms with van der Waals surface area (Å²) >= 11 is 0. The molecule has 1 aromatic carbocycles. The van der Waals surface area contributed by atoms with Gasteiger partial charge in [0.2, 0.25) is 0 Å². The van der Waals surface area contributed by atoms with Gasteiger partial charge in [-0.15, -0.1) is 0 Å². The number of aryl methyl sites for hydroxylation is 1. The van der Waals surface area contributed by atoms with Crippen molar-refractivity contribution < 1.29 is 4.90 Å². The largest absolute Gasteiger partial charge is 0.399 e. The SMILES string of the molecule is C[NH+](C)CCCc1ccc(N)cc1. The molecule has 1 aromatic rings. The molecule has 0 aliphatic rings. The lowest BCUT2D eigenvalue weighted by Gasteiger charge is -2.06. The second-order valence-corrected chi connectivity index (χ2v) is 3.80. The highest BCUT2D eigenvalue weighted by Crippen LogP contribution is 2.06. The van der Waals surface area contributed by atoms with Crippen LogP contribution in [0, 0.1) is 0 Å². The smallest absolute Gasteiger partial charge is 0.0770 e. The Morgan fingerprint density at radius 1 is 1.15 bits per heavy atom. The van der Waals surface area contributed by atoms with Gasteiger partial charge in [0.25, 0.3) is 0 Å². The average molecular weight is 179 g/mol. The highest BCUT2D eigenvalue weighted by molar-refractivity contribution is 5.39. The highest BCUT2D eigenvalue weighted by atomic mass is 15.0. The molecule has 0 saturated heterocycles. The van der Waals surface area contributed by atoms with Gasteiger partial charge in [0.1, 0.15) is 0 Å². The Labute approximate surface area is 80.4 Å². The van der Waals surface area contributed by atoms with Crippen molar-refractivity contribution in [1.29, 1.82) is 0 Å². The van der Waals surface area contributed by atoms with Crippen molar-refractivity contribution >= 4 is 5.69 Å². The van der Waals surface area contributed by atoms with Crippen LogP contribution in [-0.2, 0) is 6.42 Å². The van der Waals surface area contributed by atoms with Crippen molar-refractivity contribution in [2.75, 3.05) is 26.4 Å². The summed E-state index contributed by atoms with van der Waals surface area (Å²) < 4.78 is 0. The van der Waals surface area contributed by atoms with Crippen LogP contribution < -0.4 is 10.6 Å². The Kier molecular flexibility index (Phi) is 3.77. The van der Waals surface area contributed by atoms with Gasteiger partial charge in [0, 0.05) is 12.1 Å². The lowest BCUT2D eigenvalue weighted by molar-refractivity contribution is -0.858. The van der Waals surface area contributed by atoms with E-state index in [2.05, 4.69) is 26.2 Å². The topological polar surface area (TPSA) is 30.5 Å². The number of benzene rings is 1. The second-order valence-electron chi connectivity index (χ2n) is 3.80. The van der Waals surface area contributed by atoms with E-state index in [9.17, 15) is 0 Å². The van der Waals surface area contributed by atoms with E-state index >= 15 is 0 Å². The number of nitrogen functional groups attached to an aromatic ring is 1. The van der Waals surface area contributed by atoms with Crippen molar-refractivity contribution in [2.24, 2.45) is 0 Å². The molecule has 0 saturated carbocycles. The first-order valence-corrected chi connectivity index (χ1v) is 4.82. The van der Waals surface area contributed by atoms with Gasteiger partial charge in [-0.05, 0) is 24.1 Å². The average Bonchev–Trinajstić information content (AvgIpc) is 2.08. The van der Waals surface area contributed by atoms with E-state index in [1.165, 1.54) is 23.4 Å². The summed E-state index contributed by atoms with van der Waals surface area (Å²) in [6.45, 7) is 1.23. The third-order valence-electron chi connectivity index (χ3n) is 2.12. The predicted molar refractivity (Wildman–Crippen MR) is 56.9 cm³/mol. The normalized spacial score (nSPS) is 10.7. The lowest BCUT2D eigenvalue weighted by Crippen LogP contribution is -3.05. The first kappa shape index (κ1) is 10.1. The zero-order valence-electron chi connectivity index (χ0n) is 8.51. The first-order chi connectivity index (χ1) is 6.18. The number of hydrogen-bond donors (Lipinski definition) is 2. The van der Waals surface area contributed by atoms with Crippen LogP contribution in [0.4, 0.5) is 5.69 Å². The molecule has 3 N–H and O–H groups in total. The van der Waals surface area contributed by atoms with Crippen LogP contribution in [0.25, 0.3) is 0 Å². The summed E-state index contributed by atoms with van der Waals surface area (Å²) in [6.07, 6.45) is 2.40. The van der Waals surface area contributed by atoms with Crippen molar-refractivity contribution in [3.8, 4) is 0 Å². The lowest BCUT2D eigenvalue weighted by atomic mass is 10.1. The quantitative estimate of drug-likeness (QED) is 0.642. The summed E-state index contributed by atoms with van der Waals surface area (Å²) in [5.74, 6) is 0. The molecule has 0 aromatic heterocycles. The Hall–Kier alpha value is -1.02. The van der Waals surface area contributed by atoms with Crippen molar-refractivity contribution in [3.63, 3.8) is 0 Å². The molecule has 0 heterocycles. The Morgan fingerprint density at radius 3 is 2.31 bits per heavy atom. The minimum atomic E-state index is 0.849. The Balaban J connectivity index is 2.33. The zero-order chi connectivity index (χ0) is 9.68. The number of anilines is 1. The Morgan fingerprint density at radius 2 is 1.77 bits per heavy atom. The third-order valence-corrected chi connectivity index (χ3v) is 2.12. The number of nitrogens with two attached hydrogens (primary N) is 1. The molecule has 0 bridgehead atoms. The molecular formula is C11H19N2+. The molecule has 0 spiro atoms. The Bertz CT molecular complexity index is 239. The molecule has 0 aliphatic carbocycles. The maximum absolute atomic E-state index is 5.60. The van der Waals surface area contributed by atoms with Crippen molar-refractivity contribution in [1.82, 2.24) is 0 Å². The number of quaternary nitrogens is 1. The van der Waals surface area contributed by atoms with E-state index in [0.29, 0.717) is 0 Å². The van der Waals surface area contributed by atoms with Gasteiger partial charge in [-0.2, -0.15) is 0 Å². The minimum absolute atomic E-state index is 0.849. The zero-order valence-corrected chi connectivity index (χ0v) is 8.51. The monoisotopic (exact) mass is 179 g/mol. The summed E-state index contributed by atoms with van der Waals surface area (Å²) in [6, 6.07) is 8.16. The molecule has 1 rings (SSSR count). The fourth-order valence-electron chi connectivity index (χ4n) is 1.33. The number of nitrogens with one attached hydrogen (secondary N) is 1. The number of rotatable bonds is 4. The minimum Gasteiger partial charge on any atom is -0.399 e. The van der Waals surface area contributed by atoms with Crippen LogP contribution in [0.15, 0.2) is 24.3 Å². The molecule has 2 nitrogen and oxygen atoms in total. The van der Waals surface area contributed by atoms with E-state index in [1.54, 1.807) is 0 Å². The summed E-state index contributed by atoms with van der Waals surface area (Å²) in [5.41, 5.74) is 7.83. The van der Waals surface area contributed by atoms with E-state index < -0.39 is 0 Å². The van der Waals surface area contributed by atoms with E-state index in [1.807, 2.05) is 12.1 Å². The molecule has 13 heavy (non-hydrogen) atoms. The van der Waals surface area contributed by atoms with Crippen LogP contribution in [-0.4, -0.2) is 20.6 Å². The van der Waals surface area contributed by atoms with Gasteiger partial charge in [0.15, 0.2) is 0 Å². The summed E-state index contributed by atoms with van der Waals surface area (Å²) in [7, 11) is 4.37. The van der Waals surface area contributed by atoms with Crippen LogP contribution in [0.5, 0.6) is 0 Å². The van der Waals surface area contributed by atoms with Gasteiger partial charge in [0.05, 0.1) is 20.6 Å². The van der Waals surface area contributed by atoms with Crippen LogP contribution in [0.3, 0.4) is 0 Å². The van der Waals surface area contributed by atoms with Gasteiger partial charge in [-0.25, -0.2) is 0 Å². The summed E-state index contributed by atoms with van der Waals surface area (Å²) in [5, 5.41) is 0. The van der Waals surface area contributed by atoms with Gasteiger partial charge >= 0.3 is 0 Å². The van der Waals surface area contributed by atoms with E-state index in [4.69, 9.17) is 5.73 Å². The van der Waals surface area contributed by atoms with Crippen LogP contribution >= 0.6 is 0 Å². The van der Waals surface area contributed by atoms with Crippen molar-refractivity contribution in [3.05, 3.63) is 29.8 Å². The maximum Gasteiger partial charge on any atom is 0.0770 e.